The number of rotatable bonds is 2. The molecule has 0 aromatic carbocycles. The lowest BCUT2D eigenvalue weighted by molar-refractivity contribution is 0.0688. The number of aromatic amines is 1. The van der Waals surface area contributed by atoms with E-state index >= 15 is 0 Å². The molecule has 0 atom stereocenters. The van der Waals surface area contributed by atoms with Crippen molar-refractivity contribution in [2.24, 2.45) is 0 Å². The third-order valence-corrected chi connectivity index (χ3v) is 0.989. The third-order valence-electron chi connectivity index (χ3n) is 0.989. The number of imidazole rings is 1. The van der Waals surface area contributed by atoms with Crippen molar-refractivity contribution in [3.05, 3.63) is 17.7 Å². The Kier molecular flexibility index (Phi) is 3.26. The van der Waals surface area contributed by atoms with Gasteiger partial charge in [-0.05, 0) is 0 Å². The van der Waals surface area contributed by atoms with E-state index in [4.69, 9.17) is 5.11 Å². The second-order valence-corrected chi connectivity index (χ2v) is 1.59. The van der Waals surface area contributed by atoms with Crippen LogP contribution in [0.25, 0.3) is 0 Å². The van der Waals surface area contributed by atoms with Gasteiger partial charge in [-0.2, -0.15) is 0 Å². The Labute approximate surface area is 67.9 Å². The van der Waals surface area contributed by atoms with E-state index in [9.17, 15) is 9.59 Å². The monoisotopic (exact) mass is 176 g/mol. The first-order chi connectivity index (χ1) is 4.75. The average molecular weight is 177 g/mol. The number of carboxylic acids is 1. The standard InChI is InChI=1S/C5H4N2O3.ClH/c8-1-3-4(5(9)10)7-2-6-3;/h1-2H,(H,6,7)(H,9,10);1H. The molecule has 0 radical (unpaired) electrons. The minimum Gasteiger partial charge on any atom is -0.476 e. The van der Waals surface area contributed by atoms with Crippen molar-refractivity contribution in [3.8, 4) is 0 Å². The molecule has 0 aliphatic rings. The van der Waals surface area contributed by atoms with Gasteiger partial charge >= 0.3 is 5.97 Å². The predicted molar refractivity (Wildman–Crippen MR) is 38.2 cm³/mol. The van der Waals surface area contributed by atoms with Crippen molar-refractivity contribution in [1.82, 2.24) is 9.97 Å². The van der Waals surface area contributed by atoms with E-state index in [1.54, 1.807) is 0 Å². The molecule has 0 saturated heterocycles. The summed E-state index contributed by atoms with van der Waals surface area (Å²) in [5.74, 6) is -1.21. The number of aldehydes is 1. The van der Waals surface area contributed by atoms with Gasteiger partial charge in [-0.1, -0.05) is 0 Å². The number of hydrogen-bond acceptors (Lipinski definition) is 3. The van der Waals surface area contributed by atoms with Crippen molar-refractivity contribution in [3.63, 3.8) is 0 Å². The van der Waals surface area contributed by atoms with Gasteiger partial charge < -0.3 is 10.1 Å². The molecular formula is C5H5ClN2O3. The number of halogens is 1. The Morgan fingerprint density at radius 2 is 2.36 bits per heavy atom. The number of hydrogen-bond donors (Lipinski definition) is 2. The Balaban J connectivity index is 0.000001000. The summed E-state index contributed by atoms with van der Waals surface area (Å²) in [4.78, 5) is 26.0. The molecule has 0 aliphatic carbocycles. The van der Waals surface area contributed by atoms with Crippen molar-refractivity contribution in [2.75, 3.05) is 0 Å². The zero-order valence-corrected chi connectivity index (χ0v) is 6.09. The average Bonchev–Trinajstić information content (AvgIpc) is 2.33. The van der Waals surface area contributed by atoms with Gasteiger partial charge in [0, 0.05) is 0 Å². The maximum absolute atomic E-state index is 10.2. The van der Waals surface area contributed by atoms with Crippen molar-refractivity contribution >= 4 is 24.7 Å². The quantitative estimate of drug-likeness (QED) is 0.637. The van der Waals surface area contributed by atoms with E-state index in [2.05, 4.69) is 9.97 Å². The van der Waals surface area contributed by atoms with Crippen LogP contribution in [0.2, 0.25) is 0 Å². The highest BCUT2D eigenvalue weighted by atomic mass is 35.5. The highest BCUT2D eigenvalue weighted by Crippen LogP contribution is 1.97. The largest absolute Gasteiger partial charge is 0.476 e. The molecule has 11 heavy (non-hydrogen) atoms. The van der Waals surface area contributed by atoms with Gasteiger partial charge in [-0.15, -0.1) is 12.4 Å². The molecule has 60 valence electrons. The van der Waals surface area contributed by atoms with Gasteiger partial charge in [-0.25, -0.2) is 9.78 Å². The number of H-pyrrole nitrogens is 1. The van der Waals surface area contributed by atoms with E-state index < -0.39 is 5.97 Å². The summed E-state index contributed by atoms with van der Waals surface area (Å²) in [6, 6.07) is 0. The molecule has 0 unspecified atom stereocenters. The Hall–Kier alpha value is -1.36. The summed E-state index contributed by atoms with van der Waals surface area (Å²) in [7, 11) is 0. The van der Waals surface area contributed by atoms with Gasteiger partial charge in [0.15, 0.2) is 12.0 Å². The van der Waals surface area contributed by atoms with Gasteiger partial charge in [0.2, 0.25) is 0 Å². The molecule has 0 fully saturated rings. The summed E-state index contributed by atoms with van der Waals surface area (Å²) in [5.41, 5.74) is -0.248. The normalized spacial score (nSPS) is 8.36. The van der Waals surface area contributed by atoms with Crippen LogP contribution in [0.1, 0.15) is 21.0 Å². The Bertz CT molecular complexity index is 270. The zero-order valence-electron chi connectivity index (χ0n) is 5.27. The molecule has 1 aromatic heterocycles. The lowest BCUT2D eigenvalue weighted by Crippen LogP contribution is -2.00. The van der Waals surface area contributed by atoms with Crippen LogP contribution < -0.4 is 0 Å². The summed E-state index contributed by atoms with van der Waals surface area (Å²) in [5, 5.41) is 8.34. The van der Waals surface area contributed by atoms with Crippen LogP contribution >= 0.6 is 12.4 Å². The lowest BCUT2D eigenvalue weighted by Gasteiger charge is -1.84. The Morgan fingerprint density at radius 1 is 1.73 bits per heavy atom. The molecule has 1 heterocycles. The lowest BCUT2D eigenvalue weighted by atomic mass is 10.3. The zero-order chi connectivity index (χ0) is 7.56. The Morgan fingerprint density at radius 3 is 2.73 bits per heavy atom. The molecule has 1 rings (SSSR count). The van der Waals surface area contributed by atoms with E-state index in [1.807, 2.05) is 0 Å². The van der Waals surface area contributed by atoms with Crippen molar-refractivity contribution in [1.29, 1.82) is 0 Å². The van der Waals surface area contributed by atoms with E-state index in [0.29, 0.717) is 6.29 Å². The number of carbonyl (C=O) groups excluding carboxylic acids is 1. The van der Waals surface area contributed by atoms with Gasteiger partial charge in [0.1, 0.15) is 5.69 Å². The third kappa shape index (κ3) is 1.78. The SMILES string of the molecule is Cl.O=Cc1[nH]cnc1C(=O)O. The van der Waals surface area contributed by atoms with Crippen LogP contribution in [0.15, 0.2) is 6.33 Å². The highest BCUT2D eigenvalue weighted by Gasteiger charge is 2.10. The number of carbonyl (C=O) groups is 2. The van der Waals surface area contributed by atoms with E-state index in [-0.39, 0.29) is 23.8 Å². The number of carboxylic acid groups (broad SMARTS) is 1. The molecular weight excluding hydrogens is 172 g/mol. The highest BCUT2D eigenvalue weighted by molar-refractivity contribution is 5.93. The predicted octanol–water partition coefficient (Wildman–Crippen LogP) is 0.342. The molecule has 5 nitrogen and oxygen atoms in total. The van der Waals surface area contributed by atoms with E-state index in [0.717, 1.165) is 6.33 Å². The summed E-state index contributed by atoms with van der Waals surface area (Å²) in [6.45, 7) is 0. The molecule has 0 saturated carbocycles. The number of aromatic nitrogens is 2. The van der Waals surface area contributed by atoms with Crippen molar-refractivity contribution in [2.45, 2.75) is 0 Å². The maximum Gasteiger partial charge on any atom is 0.356 e. The minimum atomic E-state index is -1.21. The molecule has 1 aromatic rings. The fraction of sp³-hybridized carbons (Fsp3) is 0. The van der Waals surface area contributed by atoms with Crippen LogP contribution in [0, 0.1) is 0 Å². The number of nitrogens with zero attached hydrogens (tertiary/aromatic N) is 1. The second kappa shape index (κ2) is 3.72. The van der Waals surface area contributed by atoms with Crippen LogP contribution in [-0.4, -0.2) is 27.3 Å². The van der Waals surface area contributed by atoms with Gasteiger partial charge in [-0.3, -0.25) is 4.79 Å². The van der Waals surface area contributed by atoms with Gasteiger partial charge in [0.05, 0.1) is 6.33 Å². The molecule has 0 aliphatic heterocycles. The first kappa shape index (κ1) is 9.64. The summed E-state index contributed by atoms with van der Waals surface area (Å²) in [6.07, 6.45) is 1.57. The summed E-state index contributed by atoms with van der Waals surface area (Å²) < 4.78 is 0. The number of nitrogens with one attached hydrogen (secondary N) is 1. The fourth-order valence-corrected chi connectivity index (χ4v) is 0.565. The fourth-order valence-electron chi connectivity index (χ4n) is 0.565. The second-order valence-electron chi connectivity index (χ2n) is 1.59. The topological polar surface area (TPSA) is 83.0 Å². The van der Waals surface area contributed by atoms with Crippen LogP contribution in [0.3, 0.4) is 0 Å². The molecule has 6 heteroatoms. The first-order valence-corrected chi connectivity index (χ1v) is 2.47. The summed E-state index contributed by atoms with van der Waals surface area (Å²) >= 11 is 0. The van der Waals surface area contributed by atoms with E-state index in [1.165, 1.54) is 0 Å². The van der Waals surface area contributed by atoms with Crippen LogP contribution in [-0.2, 0) is 0 Å². The van der Waals surface area contributed by atoms with Gasteiger partial charge in [0.25, 0.3) is 0 Å². The first-order valence-electron chi connectivity index (χ1n) is 2.47. The smallest absolute Gasteiger partial charge is 0.356 e. The molecule has 0 spiro atoms. The maximum atomic E-state index is 10.2. The van der Waals surface area contributed by atoms with Crippen molar-refractivity contribution < 1.29 is 14.7 Å². The molecule has 0 amide bonds. The van der Waals surface area contributed by atoms with Crippen LogP contribution in [0.4, 0.5) is 0 Å². The molecule has 0 bridgehead atoms. The molecule has 2 N–H and O–H groups in total. The van der Waals surface area contributed by atoms with Crippen LogP contribution in [0.5, 0.6) is 0 Å². The minimum absolute atomic E-state index is 0. The number of aromatic carboxylic acids is 1.